The van der Waals surface area contributed by atoms with Gasteiger partial charge in [-0.15, -0.1) is 11.6 Å². The van der Waals surface area contributed by atoms with Crippen LogP contribution >= 0.6 is 11.6 Å². The van der Waals surface area contributed by atoms with E-state index in [1.54, 1.807) is 0 Å². The Labute approximate surface area is 113 Å². The van der Waals surface area contributed by atoms with E-state index in [1.807, 2.05) is 19.9 Å². The summed E-state index contributed by atoms with van der Waals surface area (Å²) in [4.78, 5) is 4.43. The van der Waals surface area contributed by atoms with Gasteiger partial charge in [-0.1, -0.05) is 0 Å². The Morgan fingerprint density at radius 3 is 2.94 bits per heavy atom. The van der Waals surface area contributed by atoms with Gasteiger partial charge in [0, 0.05) is 17.9 Å². The molecule has 0 radical (unpaired) electrons. The molecule has 1 aromatic rings. The van der Waals surface area contributed by atoms with Crippen LogP contribution < -0.4 is 4.74 Å². The molecule has 1 atom stereocenters. The number of alkyl halides is 1. The van der Waals surface area contributed by atoms with Crippen LogP contribution in [0.15, 0.2) is 6.07 Å². The third kappa shape index (κ3) is 3.36. The summed E-state index contributed by atoms with van der Waals surface area (Å²) >= 11 is 5.96. The topological polar surface area (TPSA) is 31.4 Å². The molecular weight excluding hydrogens is 250 g/mol. The van der Waals surface area contributed by atoms with Gasteiger partial charge in [-0.2, -0.15) is 0 Å². The summed E-state index contributed by atoms with van der Waals surface area (Å²) in [5.41, 5.74) is 3.08. The summed E-state index contributed by atoms with van der Waals surface area (Å²) in [6.45, 7) is 5.42. The zero-order valence-electron chi connectivity index (χ0n) is 11.0. The highest BCUT2D eigenvalue weighted by Crippen LogP contribution is 2.24. The van der Waals surface area contributed by atoms with Crippen LogP contribution in [0.4, 0.5) is 0 Å². The van der Waals surface area contributed by atoms with E-state index in [1.165, 1.54) is 6.42 Å². The molecule has 0 amide bonds. The molecule has 0 N–H and O–H groups in total. The van der Waals surface area contributed by atoms with Crippen molar-refractivity contribution in [2.45, 2.75) is 45.1 Å². The van der Waals surface area contributed by atoms with Crippen LogP contribution in [0.25, 0.3) is 0 Å². The number of halogens is 1. The predicted molar refractivity (Wildman–Crippen MR) is 72.4 cm³/mol. The molecule has 18 heavy (non-hydrogen) atoms. The van der Waals surface area contributed by atoms with Crippen LogP contribution in [0.5, 0.6) is 5.88 Å². The van der Waals surface area contributed by atoms with Crippen LogP contribution in [0.2, 0.25) is 0 Å². The number of nitrogens with zero attached hydrogens (tertiary/aromatic N) is 1. The Bertz CT molecular complexity index is 403. The highest BCUT2D eigenvalue weighted by Gasteiger charge is 2.16. The standard InChI is InChI=1S/C14H20ClNO2/c1-10-7-11(2)16-14(13(10)8-15)18-9-12-5-3-4-6-17-12/h7,12H,3-6,8-9H2,1-2H3. The molecular formula is C14H20ClNO2. The fourth-order valence-electron chi connectivity index (χ4n) is 2.22. The minimum atomic E-state index is 0.199. The lowest BCUT2D eigenvalue weighted by molar-refractivity contribution is -0.0121. The number of ether oxygens (including phenoxy) is 2. The molecule has 1 aliphatic heterocycles. The van der Waals surface area contributed by atoms with Crippen LogP contribution in [-0.2, 0) is 10.6 Å². The number of aromatic nitrogens is 1. The smallest absolute Gasteiger partial charge is 0.218 e. The minimum Gasteiger partial charge on any atom is -0.475 e. The SMILES string of the molecule is Cc1cc(C)c(CCl)c(OCC2CCCCO2)n1. The first kappa shape index (κ1) is 13.6. The number of hydrogen-bond donors (Lipinski definition) is 0. The Morgan fingerprint density at radius 1 is 1.44 bits per heavy atom. The summed E-state index contributed by atoms with van der Waals surface area (Å²) in [7, 11) is 0. The number of rotatable bonds is 4. The second-order valence-corrected chi connectivity index (χ2v) is 5.06. The van der Waals surface area contributed by atoms with Crippen molar-refractivity contribution in [1.82, 2.24) is 4.98 Å². The number of hydrogen-bond acceptors (Lipinski definition) is 3. The average Bonchev–Trinajstić information content (AvgIpc) is 2.37. The van der Waals surface area contributed by atoms with E-state index in [0.29, 0.717) is 18.4 Å². The molecule has 2 rings (SSSR count). The largest absolute Gasteiger partial charge is 0.475 e. The van der Waals surface area contributed by atoms with Crippen molar-refractivity contribution in [3.05, 3.63) is 22.9 Å². The normalized spacial score (nSPS) is 19.8. The third-order valence-corrected chi connectivity index (χ3v) is 3.52. The van der Waals surface area contributed by atoms with Crippen molar-refractivity contribution in [2.24, 2.45) is 0 Å². The number of pyridine rings is 1. The third-order valence-electron chi connectivity index (χ3n) is 3.25. The van der Waals surface area contributed by atoms with E-state index in [0.717, 1.165) is 36.3 Å². The lowest BCUT2D eigenvalue weighted by atomic mass is 10.1. The summed E-state index contributed by atoms with van der Waals surface area (Å²) in [5, 5.41) is 0. The van der Waals surface area contributed by atoms with Gasteiger partial charge in [0.25, 0.3) is 0 Å². The van der Waals surface area contributed by atoms with Crippen LogP contribution in [0, 0.1) is 13.8 Å². The Balaban J connectivity index is 2.03. The first-order valence-corrected chi connectivity index (χ1v) is 7.01. The maximum absolute atomic E-state index is 5.96. The summed E-state index contributed by atoms with van der Waals surface area (Å²) in [6.07, 6.45) is 3.65. The zero-order chi connectivity index (χ0) is 13.0. The lowest BCUT2D eigenvalue weighted by Crippen LogP contribution is -2.26. The van der Waals surface area contributed by atoms with Crippen LogP contribution in [0.3, 0.4) is 0 Å². The lowest BCUT2D eigenvalue weighted by Gasteiger charge is -2.23. The van der Waals surface area contributed by atoms with Crippen molar-refractivity contribution in [1.29, 1.82) is 0 Å². The fourth-order valence-corrected chi connectivity index (χ4v) is 2.55. The number of aryl methyl sites for hydroxylation is 2. The van der Waals surface area contributed by atoms with Gasteiger partial charge in [-0.05, 0) is 44.7 Å². The van der Waals surface area contributed by atoms with Gasteiger partial charge in [0.05, 0.1) is 12.0 Å². The highest BCUT2D eigenvalue weighted by atomic mass is 35.5. The highest BCUT2D eigenvalue weighted by molar-refractivity contribution is 6.17. The molecule has 0 aromatic carbocycles. The van der Waals surface area contributed by atoms with Crippen molar-refractivity contribution in [3.63, 3.8) is 0 Å². The van der Waals surface area contributed by atoms with E-state index < -0.39 is 0 Å². The Hall–Kier alpha value is -0.800. The van der Waals surface area contributed by atoms with Crippen LogP contribution in [-0.4, -0.2) is 24.3 Å². The molecule has 2 heterocycles. The molecule has 3 nitrogen and oxygen atoms in total. The molecule has 100 valence electrons. The quantitative estimate of drug-likeness (QED) is 0.785. The monoisotopic (exact) mass is 269 g/mol. The van der Waals surface area contributed by atoms with Gasteiger partial charge >= 0.3 is 0 Å². The minimum absolute atomic E-state index is 0.199. The molecule has 4 heteroatoms. The average molecular weight is 270 g/mol. The van der Waals surface area contributed by atoms with Gasteiger partial charge in [0.2, 0.25) is 5.88 Å². The van der Waals surface area contributed by atoms with Crippen molar-refractivity contribution in [2.75, 3.05) is 13.2 Å². The van der Waals surface area contributed by atoms with Crippen molar-refractivity contribution < 1.29 is 9.47 Å². The van der Waals surface area contributed by atoms with Crippen LogP contribution in [0.1, 0.15) is 36.1 Å². The molecule has 0 spiro atoms. The molecule has 0 saturated carbocycles. The van der Waals surface area contributed by atoms with E-state index in [9.17, 15) is 0 Å². The van der Waals surface area contributed by atoms with E-state index in [-0.39, 0.29) is 6.10 Å². The van der Waals surface area contributed by atoms with E-state index in [4.69, 9.17) is 21.1 Å². The van der Waals surface area contributed by atoms with Gasteiger partial charge in [-0.3, -0.25) is 0 Å². The first-order chi connectivity index (χ1) is 8.70. The summed E-state index contributed by atoms with van der Waals surface area (Å²) in [6, 6.07) is 2.03. The van der Waals surface area contributed by atoms with Gasteiger partial charge in [0.1, 0.15) is 6.61 Å². The molecule has 1 aromatic heterocycles. The second-order valence-electron chi connectivity index (χ2n) is 4.80. The maximum atomic E-state index is 5.96. The molecule has 0 bridgehead atoms. The Morgan fingerprint density at radius 2 is 2.28 bits per heavy atom. The molecule has 1 fully saturated rings. The maximum Gasteiger partial charge on any atom is 0.218 e. The fraction of sp³-hybridized carbons (Fsp3) is 0.643. The van der Waals surface area contributed by atoms with Crippen molar-refractivity contribution >= 4 is 11.6 Å². The molecule has 0 aliphatic carbocycles. The summed E-state index contributed by atoms with van der Waals surface area (Å²) < 4.78 is 11.5. The van der Waals surface area contributed by atoms with Gasteiger partial charge < -0.3 is 9.47 Å². The predicted octanol–water partition coefficient (Wildman–Crippen LogP) is 3.39. The van der Waals surface area contributed by atoms with Gasteiger partial charge in [-0.25, -0.2) is 4.98 Å². The Kier molecular flexibility index (Phi) is 4.84. The first-order valence-electron chi connectivity index (χ1n) is 6.48. The molecule has 1 saturated heterocycles. The summed E-state index contributed by atoms with van der Waals surface area (Å²) in [5.74, 6) is 1.09. The van der Waals surface area contributed by atoms with Gasteiger partial charge in [0.15, 0.2) is 0 Å². The zero-order valence-corrected chi connectivity index (χ0v) is 11.8. The molecule has 1 unspecified atom stereocenters. The second kappa shape index (κ2) is 6.39. The van der Waals surface area contributed by atoms with E-state index >= 15 is 0 Å². The van der Waals surface area contributed by atoms with E-state index in [2.05, 4.69) is 4.98 Å². The molecule has 1 aliphatic rings. The van der Waals surface area contributed by atoms with Crippen molar-refractivity contribution in [3.8, 4) is 5.88 Å².